The maximum atomic E-state index is 11.4. The zero-order valence-electron chi connectivity index (χ0n) is 13.9. The molecule has 0 aliphatic heterocycles. The highest BCUT2D eigenvalue weighted by Crippen LogP contribution is 2.36. The number of methoxy groups -OCH3 is 1. The minimum Gasteiger partial charge on any atom is -0.504 e. The van der Waals surface area contributed by atoms with Gasteiger partial charge in [-0.25, -0.2) is 14.8 Å². The number of phenolic OH excluding ortho intramolecular Hbond substituents is 1. The Balaban J connectivity index is 1.94. The van der Waals surface area contributed by atoms with Crippen LogP contribution in [0, 0.1) is 0 Å². The van der Waals surface area contributed by atoms with Crippen LogP contribution in [-0.2, 0) is 0 Å². The summed E-state index contributed by atoms with van der Waals surface area (Å²) in [5.74, 6) is 0.943. The Morgan fingerprint density at radius 2 is 2.04 bits per heavy atom. The molecular weight excluding hydrogens is 360 g/mol. The number of aromatic nitrogens is 2. The van der Waals surface area contributed by atoms with E-state index >= 15 is 0 Å². The largest absolute Gasteiger partial charge is 0.504 e. The molecule has 134 valence electrons. The average Bonchev–Trinajstić information content (AvgIpc) is 2.63. The molecule has 2 aromatic carbocycles. The number of phenols is 1. The topological polar surface area (TPSA) is 106 Å². The fraction of sp³-hybridized carbons (Fsp3) is 0.118. The molecule has 0 unspecified atom stereocenters. The van der Waals surface area contributed by atoms with Gasteiger partial charge in [-0.2, -0.15) is 0 Å². The normalized spacial score (nSPS) is 10.4. The monoisotopic (exact) mass is 374 g/mol. The van der Waals surface area contributed by atoms with Gasteiger partial charge in [-0.05, 0) is 18.2 Å². The first-order valence-corrected chi connectivity index (χ1v) is 7.87. The Kier molecular flexibility index (Phi) is 4.94. The quantitative estimate of drug-likeness (QED) is 0.645. The van der Waals surface area contributed by atoms with Crippen LogP contribution in [0.2, 0.25) is 5.02 Å². The van der Waals surface area contributed by atoms with Crippen molar-refractivity contribution in [1.82, 2.24) is 15.3 Å². The van der Waals surface area contributed by atoms with Gasteiger partial charge < -0.3 is 25.2 Å². The van der Waals surface area contributed by atoms with Crippen LogP contribution in [0.1, 0.15) is 0 Å². The van der Waals surface area contributed by atoms with Gasteiger partial charge in [0.15, 0.2) is 11.5 Å². The van der Waals surface area contributed by atoms with Crippen molar-refractivity contribution in [2.75, 3.05) is 19.5 Å². The molecule has 26 heavy (non-hydrogen) atoms. The van der Waals surface area contributed by atoms with Gasteiger partial charge in [0.05, 0.1) is 28.7 Å². The third-order valence-corrected chi connectivity index (χ3v) is 3.84. The van der Waals surface area contributed by atoms with Crippen LogP contribution in [0.15, 0.2) is 36.7 Å². The molecule has 0 spiro atoms. The standard InChI is InChI=1S/C17H15ClN4O4/c1-19-17(24)22-12-4-3-9(5-11(12)18)26-16-10-6-15(25-2)14(23)7-13(10)20-8-21-16/h3-8,23H,1-2H3,(H2,19,22,24). The summed E-state index contributed by atoms with van der Waals surface area (Å²) in [7, 11) is 2.95. The number of nitrogens with one attached hydrogen (secondary N) is 2. The minimum atomic E-state index is -0.380. The van der Waals surface area contributed by atoms with Crippen molar-refractivity contribution < 1.29 is 19.4 Å². The Hall–Kier alpha value is -3.26. The molecule has 2 amide bonds. The lowest BCUT2D eigenvalue weighted by atomic mass is 10.2. The summed E-state index contributed by atoms with van der Waals surface area (Å²) < 4.78 is 10.9. The molecule has 1 aromatic heterocycles. The number of carbonyl (C=O) groups excluding carboxylic acids is 1. The zero-order chi connectivity index (χ0) is 18.7. The van der Waals surface area contributed by atoms with Crippen molar-refractivity contribution in [2.45, 2.75) is 0 Å². The lowest BCUT2D eigenvalue weighted by Gasteiger charge is -2.11. The smallest absolute Gasteiger partial charge is 0.319 e. The van der Waals surface area contributed by atoms with Crippen LogP contribution in [0.25, 0.3) is 10.9 Å². The van der Waals surface area contributed by atoms with E-state index in [0.717, 1.165) is 0 Å². The number of ether oxygens (including phenoxy) is 2. The molecule has 9 heteroatoms. The van der Waals surface area contributed by atoms with E-state index in [9.17, 15) is 9.90 Å². The summed E-state index contributed by atoms with van der Waals surface area (Å²) in [5, 5.41) is 15.8. The van der Waals surface area contributed by atoms with E-state index in [1.165, 1.54) is 26.6 Å². The van der Waals surface area contributed by atoms with E-state index in [1.807, 2.05) is 0 Å². The first-order valence-electron chi connectivity index (χ1n) is 7.49. The van der Waals surface area contributed by atoms with E-state index in [0.29, 0.717) is 27.4 Å². The third-order valence-electron chi connectivity index (χ3n) is 3.53. The molecule has 0 saturated carbocycles. The van der Waals surface area contributed by atoms with Gasteiger partial charge in [0, 0.05) is 19.2 Å². The van der Waals surface area contributed by atoms with Gasteiger partial charge in [0.2, 0.25) is 5.88 Å². The maximum absolute atomic E-state index is 11.4. The van der Waals surface area contributed by atoms with Gasteiger partial charge >= 0.3 is 6.03 Å². The molecule has 3 aromatic rings. The summed E-state index contributed by atoms with van der Waals surface area (Å²) in [6, 6.07) is 7.48. The molecule has 1 heterocycles. The predicted molar refractivity (Wildman–Crippen MR) is 97.4 cm³/mol. The van der Waals surface area contributed by atoms with Crippen molar-refractivity contribution in [1.29, 1.82) is 0 Å². The van der Waals surface area contributed by atoms with Crippen LogP contribution in [0.5, 0.6) is 23.1 Å². The van der Waals surface area contributed by atoms with Crippen molar-refractivity contribution in [3.05, 3.63) is 41.7 Å². The zero-order valence-corrected chi connectivity index (χ0v) is 14.7. The Labute approximate surface area is 153 Å². The number of hydrogen-bond acceptors (Lipinski definition) is 6. The number of aromatic hydroxyl groups is 1. The predicted octanol–water partition coefficient (Wildman–Crippen LogP) is 3.54. The van der Waals surface area contributed by atoms with E-state index in [4.69, 9.17) is 21.1 Å². The number of carbonyl (C=O) groups is 1. The van der Waals surface area contributed by atoms with Crippen LogP contribution >= 0.6 is 11.6 Å². The molecule has 0 aliphatic carbocycles. The Morgan fingerprint density at radius 1 is 1.23 bits per heavy atom. The van der Waals surface area contributed by atoms with E-state index in [-0.39, 0.29) is 23.4 Å². The second kappa shape index (κ2) is 7.32. The summed E-state index contributed by atoms with van der Waals surface area (Å²) in [6.45, 7) is 0. The number of urea groups is 1. The number of benzene rings is 2. The Bertz CT molecular complexity index is 980. The highest BCUT2D eigenvalue weighted by Gasteiger charge is 2.12. The highest BCUT2D eigenvalue weighted by molar-refractivity contribution is 6.33. The van der Waals surface area contributed by atoms with Crippen LogP contribution in [-0.4, -0.2) is 35.3 Å². The summed E-state index contributed by atoms with van der Waals surface area (Å²) in [5.41, 5.74) is 0.940. The molecule has 0 fully saturated rings. The number of anilines is 1. The first-order chi connectivity index (χ1) is 12.5. The van der Waals surface area contributed by atoms with Crippen molar-refractivity contribution in [3.8, 4) is 23.1 Å². The van der Waals surface area contributed by atoms with E-state index in [1.54, 1.807) is 24.3 Å². The van der Waals surface area contributed by atoms with Crippen LogP contribution in [0.4, 0.5) is 10.5 Å². The molecule has 0 aliphatic rings. The molecule has 8 nitrogen and oxygen atoms in total. The second-order valence-corrected chi connectivity index (χ2v) is 5.58. The number of halogens is 1. The van der Waals surface area contributed by atoms with Gasteiger partial charge in [-0.3, -0.25) is 0 Å². The molecular formula is C17H15ClN4O4. The van der Waals surface area contributed by atoms with Gasteiger partial charge in [0.1, 0.15) is 12.1 Å². The number of hydrogen-bond donors (Lipinski definition) is 3. The fourth-order valence-corrected chi connectivity index (χ4v) is 2.47. The number of rotatable bonds is 4. The molecule has 0 saturated heterocycles. The first kappa shape index (κ1) is 17.6. The Morgan fingerprint density at radius 3 is 2.73 bits per heavy atom. The minimum absolute atomic E-state index is 0.0303. The van der Waals surface area contributed by atoms with Crippen molar-refractivity contribution in [2.24, 2.45) is 0 Å². The summed E-state index contributed by atoms with van der Waals surface area (Å²) in [6.07, 6.45) is 1.33. The van der Waals surface area contributed by atoms with Crippen LogP contribution in [0.3, 0.4) is 0 Å². The van der Waals surface area contributed by atoms with Crippen molar-refractivity contribution >= 4 is 34.2 Å². The van der Waals surface area contributed by atoms with Crippen LogP contribution < -0.4 is 20.1 Å². The lowest BCUT2D eigenvalue weighted by Crippen LogP contribution is -2.24. The number of fused-ring (bicyclic) bond motifs is 1. The SMILES string of the molecule is CNC(=O)Nc1ccc(Oc2ncnc3cc(O)c(OC)cc23)cc1Cl. The third kappa shape index (κ3) is 3.55. The molecule has 3 N–H and O–H groups in total. The summed E-state index contributed by atoms with van der Waals surface area (Å²) in [4.78, 5) is 19.6. The molecule has 0 bridgehead atoms. The highest BCUT2D eigenvalue weighted by atomic mass is 35.5. The molecule has 3 rings (SSSR count). The fourth-order valence-electron chi connectivity index (χ4n) is 2.25. The van der Waals surface area contributed by atoms with Gasteiger partial charge in [-0.1, -0.05) is 11.6 Å². The molecule has 0 radical (unpaired) electrons. The maximum Gasteiger partial charge on any atom is 0.319 e. The van der Waals surface area contributed by atoms with E-state index in [2.05, 4.69) is 20.6 Å². The van der Waals surface area contributed by atoms with Gasteiger partial charge in [0.25, 0.3) is 0 Å². The van der Waals surface area contributed by atoms with Gasteiger partial charge in [-0.15, -0.1) is 0 Å². The number of amides is 2. The summed E-state index contributed by atoms with van der Waals surface area (Å²) >= 11 is 6.18. The average molecular weight is 375 g/mol. The van der Waals surface area contributed by atoms with E-state index < -0.39 is 0 Å². The van der Waals surface area contributed by atoms with Crippen molar-refractivity contribution in [3.63, 3.8) is 0 Å². The lowest BCUT2D eigenvalue weighted by molar-refractivity contribution is 0.254. The second-order valence-electron chi connectivity index (χ2n) is 5.17. The number of nitrogens with zero attached hydrogens (tertiary/aromatic N) is 2. The molecule has 0 atom stereocenters.